The molecule has 1 fully saturated rings. The molecule has 1 N–H and O–H groups in total. The van der Waals surface area contributed by atoms with Gasteiger partial charge in [0.05, 0.1) is 39.4 Å². The number of rotatable bonds is 4. The number of halogens is 1. The molecule has 218 valence electrons. The number of amides is 1. The number of hydrogen-bond donors (Lipinski definition) is 1. The Morgan fingerprint density at radius 3 is 2.81 bits per heavy atom. The number of ether oxygens (including phenoxy) is 1. The number of hydrogen-bond acceptors (Lipinski definition) is 6. The molecule has 43 heavy (non-hydrogen) atoms. The smallest absolute Gasteiger partial charge is 0.354 e. The van der Waals surface area contributed by atoms with Gasteiger partial charge in [-0.15, -0.1) is 0 Å². The van der Waals surface area contributed by atoms with Crippen LogP contribution in [0.3, 0.4) is 0 Å². The molecule has 0 spiro atoms. The number of aryl methyl sites for hydroxylation is 1. The molecule has 5 aromatic rings. The predicted molar refractivity (Wildman–Crippen MR) is 170 cm³/mol. The first-order chi connectivity index (χ1) is 20.8. The van der Waals surface area contributed by atoms with Crippen LogP contribution in [0.15, 0.2) is 66.1 Å². The number of benzene rings is 3. The number of para-hydroxylation sites is 1. The van der Waals surface area contributed by atoms with E-state index in [1.54, 1.807) is 15.7 Å². The minimum absolute atomic E-state index is 0.135. The molecular weight excluding hydrogens is 564 g/mol. The first-order valence-corrected chi connectivity index (χ1v) is 14.8. The van der Waals surface area contributed by atoms with Gasteiger partial charge in [0.15, 0.2) is 5.75 Å². The van der Waals surface area contributed by atoms with Crippen LogP contribution in [-0.4, -0.2) is 62.8 Å². The average Bonchev–Trinajstić information content (AvgIpc) is 3.42. The fourth-order valence-corrected chi connectivity index (χ4v) is 6.82. The molecule has 1 amide bonds. The maximum atomic E-state index is 14.2. The van der Waals surface area contributed by atoms with Crippen molar-refractivity contribution in [3.05, 3.63) is 88.0 Å². The highest BCUT2D eigenvalue weighted by molar-refractivity contribution is 6.37. The van der Waals surface area contributed by atoms with E-state index in [-0.39, 0.29) is 24.5 Å². The molecule has 1 atom stereocenters. The highest BCUT2D eigenvalue weighted by atomic mass is 35.5. The third kappa shape index (κ3) is 4.21. The van der Waals surface area contributed by atoms with Gasteiger partial charge in [-0.1, -0.05) is 56.3 Å². The first kappa shape index (κ1) is 27.2. The summed E-state index contributed by atoms with van der Waals surface area (Å²) in [6.45, 7) is 11.6. The Bertz CT molecular complexity index is 2010. The Labute approximate surface area is 253 Å². The summed E-state index contributed by atoms with van der Waals surface area (Å²) in [5, 5.41) is 9.37. The molecule has 0 bridgehead atoms. The SMILES string of the molecule is C=CC(=O)N1CCN2c3nc(=O)n(-c4ccccc4C(C)C)c4cc(-c5c(C)ccc6[nH]ncc56)c(Cl)c(c34)OCC2C1. The van der Waals surface area contributed by atoms with Crippen molar-refractivity contribution in [2.75, 3.05) is 31.1 Å². The third-order valence-electron chi connectivity index (χ3n) is 8.62. The van der Waals surface area contributed by atoms with Crippen LogP contribution in [0.4, 0.5) is 5.82 Å². The van der Waals surface area contributed by atoms with Crippen LogP contribution in [0.25, 0.3) is 38.6 Å². The molecule has 1 unspecified atom stereocenters. The fourth-order valence-electron chi connectivity index (χ4n) is 6.52. The summed E-state index contributed by atoms with van der Waals surface area (Å²) in [6.07, 6.45) is 3.12. The molecule has 2 aromatic heterocycles. The van der Waals surface area contributed by atoms with E-state index in [4.69, 9.17) is 21.3 Å². The molecule has 2 aliphatic rings. The Balaban J connectivity index is 1.57. The number of carbonyl (C=O) groups excluding carboxylic acids is 1. The van der Waals surface area contributed by atoms with Crippen LogP contribution in [0.2, 0.25) is 5.02 Å². The van der Waals surface area contributed by atoms with Crippen molar-refractivity contribution in [2.45, 2.75) is 32.7 Å². The van der Waals surface area contributed by atoms with E-state index in [0.29, 0.717) is 47.1 Å². The highest BCUT2D eigenvalue weighted by Gasteiger charge is 2.36. The molecule has 7 rings (SSSR count). The number of anilines is 1. The Kier molecular flexibility index (Phi) is 6.50. The first-order valence-electron chi connectivity index (χ1n) is 14.4. The van der Waals surface area contributed by atoms with E-state index in [1.807, 2.05) is 49.4 Å². The van der Waals surface area contributed by atoms with Crippen molar-refractivity contribution in [3.63, 3.8) is 0 Å². The zero-order valence-electron chi connectivity index (χ0n) is 24.2. The molecule has 1 saturated heterocycles. The molecule has 9 nitrogen and oxygen atoms in total. The highest BCUT2D eigenvalue weighted by Crippen LogP contribution is 2.48. The molecule has 2 aliphatic heterocycles. The number of aromatic amines is 1. The second-order valence-corrected chi connectivity index (χ2v) is 11.8. The van der Waals surface area contributed by atoms with Crippen LogP contribution >= 0.6 is 11.6 Å². The zero-order valence-corrected chi connectivity index (χ0v) is 25.0. The molecular formula is C33H31ClN6O3. The van der Waals surface area contributed by atoms with Crippen LogP contribution in [0, 0.1) is 6.92 Å². The van der Waals surface area contributed by atoms with E-state index in [9.17, 15) is 9.59 Å². The van der Waals surface area contributed by atoms with Crippen LogP contribution in [-0.2, 0) is 4.79 Å². The lowest BCUT2D eigenvalue weighted by Gasteiger charge is -2.40. The lowest BCUT2D eigenvalue weighted by molar-refractivity contribution is -0.126. The van der Waals surface area contributed by atoms with E-state index >= 15 is 0 Å². The minimum atomic E-state index is -0.390. The number of nitrogens with one attached hydrogen (secondary N) is 1. The molecule has 0 saturated carbocycles. The minimum Gasteiger partial charge on any atom is -0.489 e. The predicted octanol–water partition coefficient (Wildman–Crippen LogP) is 5.61. The Morgan fingerprint density at radius 2 is 2.02 bits per heavy atom. The van der Waals surface area contributed by atoms with Crippen molar-refractivity contribution in [2.24, 2.45) is 0 Å². The van der Waals surface area contributed by atoms with Gasteiger partial charge < -0.3 is 14.5 Å². The molecule has 3 aromatic carbocycles. The van der Waals surface area contributed by atoms with Gasteiger partial charge in [-0.2, -0.15) is 10.1 Å². The maximum absolute atomic E-state index is 14.2. The second-order valence-electron chi connectivity index (χ2n) is 11.5. The molecule has 0 aliphatic carbocycles. The normalized spacial score (nSPS) is 16.3. The van der Waals surface area contributed by atoms with Crippen molar-refractivity contribution in [3.8, 4) is 22.6 Å². The number of fused-ring (bicyclic) bond motifs is 3. The fraction of sp³-hybridized carbons (Fsp3) is 0.273. The number of piperazine rings is 1. The Hall–Kier alpha value is -4.63. The zero-order chi connectivity index (χ0) is 30.0. The maximum Gasteiger partial charge on any atom is 0.354 e. The van der Waals surface area contributed by atoms with Crippen LogP contribution in [0.5, 0.6) is 5.75 Å². The third-order valence-corrected chi connectivity index (χ3v) is 9.00. The van der Waals surface area contributed by atoms with Crippen molar-refractivity contribution < 1.29 is 9.53 Å². The topological polar surface area (TPSA) is 96.4 Å². The summed E-state index contributed by atoms with van der Waals surface area (Å²) in [6, 6.07) is 13.7. The van der Waals surface area contributed by atoms with Crippen LogP contribution in [0.1, 0.15) is 30.9 Å². The summed E-state index contributed by atoms with van der Waals surface area (Å²) in [7, 11) is 0. The lowest BCUT2D eigenvalue weighted by Crippen LogP contribution is -2.56. The quantitative estimate of drug-likeness (QED) is 0.272. The molecule has 0 radical (unpaired) electrons. The molecule has 4 heterocycles. The summed E-state index contributed by atoms with van der Waals surface area (Å²) < 4.78 is 8.25. The van der Waals surface area contributed by atoms with Gasteiger partial charge in [0.25, 0.3) is 0 Å². The van der Waals surface area contributed by atoms with Crippen LogP contribution < -0.4 is 15.3 Å². The molecule has 10 heteroatoms. The average molecular weight is 595 g/mol. The van der Waals surface area contributed by atoms with Gasteiger partial charge >= 0.3 is 5.69 Å². The van der Waals surface area contributed by atoms with E-state index < -0.39 is 5.69 Å². The second kappa shape index (κ2) is 10.3. The van der Waals surface area contributed by atoms with E-state index in [0.717, 1.165) is 38.8 Å². The largest absolute Gasteiger partial charge is 0.489 e. The van der Waals surface area contributed by atoms with E-state index in [2.05, 4.69) is 35.5 Å². The standard InChI is InChI=1S/C33H31ClN6O3/c1-5-27(41)38-12-13-39-20(16-38)17-43-31-29-26(14-22(30(31)34)28-19(4)10-11-24-23(28)15-35-37-24)40(33(42)36-32(29)39)25-9-7-6-8-21(25)18(2)3/h5-11,14-15,18,20H,1,12-13,16-17H2,2-4H3,(H,35,37). The Morgan fingerprint density at radius 1 is 1.21 bits per heavy atom. The van der Waals surface area contributed by atoms with Crippen molar-refractivity contribution in [1.29, 1.82) is 0 Å². The van der Waals surface area contributed by atoms with Gasteiger partial charge in [0.2, 0.25) is 5.91 Å². The van der Waals surface area contributed by atoms with Gasteiger partial charge in [-0.25, -0.2) is 4.79 Å². The number of carbonyl (C=O) groups is 1. The summed E-state index contributed by atoms with van der Waals surface area (Å²) in [4.78, 5) is 35.2. The van der Waals surface area contributed by atoms with Crippen molar-refractivity contribution in [1.82, 2.24) is 24.6 Å². The number of aromatic nitrogens is 4. The van der Waals surface area contributed by atoms with Gasteiger partial charge in [0.1, 0.15) is 12.4 Å². The van der Waals surface area contributed by atoms with Gasteiger partial charge in [-0.05, 0) is 53.8 Å². The summed E-state index contributed by atoms with van der Waals surface area (Å²) in [5.74, 6) is 1.03. The number of H-pyrrole nitrogens is 1. The van der Waals surface area contributed by atoms with Gasteiger partial charge in [-0.3, -0.25) is 14.5 Å². The monoisotopic (exact) mass is 594 g/mol. The number of nitrogens with zero attached hydrogens (tertiary/aromatic N) is 5. The summed E-state index contributed by atoms with van der Waals surface area (Å²) >= 11 is 7.29. The van der Waals surface area contributed by atoms with E-state index in [1.165, 1.54) is 6.08 Å². The van der Waals surface area contributed by atoms with Crippen molar-refractivity contribution >= 4 is 45.1 Å². The van der Waals surface area contributed by atoms with Gasteiger partial charge in [0, 0.05) is 30.6 Å². The summed E-state index contributed by atoms with van der Waals surface area (Å²) in [5.41, 5.74) is 5.60. The lowest BCUT2D eigenvalue weighted by atomic mass is 9.95.